The number of hydrogen-bond donors (Lipinski definition) is 2. The van der Waals surface area contributed by atoms with Gasteiger partial charge in [0.1, 0.15) is 4.90 Å². The molecule has 1 aromatic carbocycles. The third kappa shape index (κ3) is 3.19. The highest BCUT2D eigenvalue weighted by Gasteiger charge is 2.15. The van der Waals surface area contributed by atoms with Gasteiger partial charge in [-0.3, -0.25) is 4.72 Å². The topological polar surface area (TPSA) is 84.0 Å². The number of aryl methyl sites for hydroxylation is 1. The predicted octanol–water partition coefficient (Wildman–Crippen LogP) is 1.63. The van der Waals surface area contributed by atoms with Crippen LogP contribution in [-0.2, 0) is 10.0 Å². The van der Waals surface area contributed by atoms with Crippen LogP contribution < -0.4 is 10.0 Å². The number of sulfonamides is 1. The van der Waals surface area contributed by atoms with E-state index >= 15 is 0 Å². The lowest BCUT2D eigenvalue weighted by Crippen LogP contribution is -2.14. The molecular formula is C12H14N4O2S. The van der Waals surface area contributed by atoms with Crippen LogP contribution in [0.25, 0.3) is 0 Å². The average Bonchev–Trinajstić information content (AvgIpc) is 2.38. The average molecular weight is 278 g/mol. The highest BCUT2D eigenvalue weighted by Crippen LogP contribution is 2.16. The van der Waals surface area contributed by atoms with E-state index in [0.717, 1.165) is 5.56 Å². The zero-order valence-corrected chi connectivity index (χ0v) is 11.4. The second-order valence-electron chi connectivity index (χ2n) is 3.97. The lowest BCUT2D eigenvalue weighted by Gasteiger charge is -2.08. The Balaban J connectivity index is 2.27. The number of rotatable bonds is 4. The molecule has 19 heavy (non-hydrogen) atoms. The van der Waals surface area contributed by atoms with Crippen LogP contribution in [0.15, 0.2) is 41.6 Å². The van der Waals surface area contributed by atoms with Crippen LogP contribution in [0, 0.1) is 6.92 Å². The smallest absolute Gasteiger partial charge is 0.264 e. The van der Waals surface area contributed by atoms with Gasteiger partial charge in [-0.05, 0) is 24.6 Å². The molecule has 6 nitrogen and oxygen atoms in total. The molecule has 0 amide bonds. The molecule has 0 unspecified atom stereocenters. The molecule has 0 saturated carbocycles. The summed E-state index contributed by atoms with van der Waals surface area (Å²) in [5.74, 6) is 0.370. The lowest BCUT2D eigenvalue weighted by atomic mass is 10.2. The molecule has 2 rings (SSSR count). The van der Waals surface area contributed by atoms with E-state index in [-0.39, 0.29) is 4.90 Å². The molecule has 1 aromatic heterocycles. The summed E-state index contributed by atoms with van der Waals surface area (Å²) in [6.45, 7) is 1.89. The van der Waals surface area contributed by atoms with Crippen LogP contribution in [0.2, 0.25) is 0 Å². The molecule has 0 atom stereocenters. The van der Waals surface area contributed by atoms with Crippen molar-refractivity contribution in [3.05, 3.63) is 42.2 Å². The number of benzene rings is 1. The van der Waals surface area contributed by atoms with E-state index in [1.807, 2.05) is 13.0 Å². The summed E-state index contributed by atoms with van der Waals surface area (Å²) in [4.78, 5) is 7.78. The Morgan fingerprint density at radius 1 is 1.16 bits per heavy atom. The highest BCUT2D eigenvalue weighted by atomic mass is 32.2. The van der Waals surface area contributed by atoms with Crippen molar-refractivity contribution in [1.29, 1.82) is 0 Å². The SMILES string of the molecule is CNc1ncc(S(=O)(=O)Nc2cccc(C)c2)cn1. The molecule has 0 aliphatic rings. The number of aromatic nitrogens is 2. The zero-order chi connectivity index (χ0) is 13.9. The van der Waals surface area contributed by atoms with E-state index in [4.69, 9.17) is 0 Å². The zero-order valence-electron chi connectivity index (χ0n) is 10.6. The molecule has 0 spiro atoms. The predicted molar refractivity (Wildman–Crippen MR) is 73.6 cm³/mol. The van der Waals surface area contributed by atoms with Crippen LogP contribution in [-0.4, -0.2) is 25.4 Å². The van der Waals surface area contributed by atoms with Crippen molar-refractivity contribution < 1.29 is 8.42 Å². The van der Waals surface area contributed by atoms with Crippen molar-refractivity contribution >= 4 is 21.7 Å². The van der Waals surface area contributed by atoms with Gasteiger partial charge >= 0.3 is 0 Å². The van der Waals surface area contributed by atoms with Crippen molar-refractivity contribution in [2.75, 3.05) is 17.1 Å². The van der Waals surface area contributed by atoms with Gasteiger partial charge in [-0.1, -0.05) is 12.1 Å². The number of nitrogens with zero attached hydrogens (tertiary/aromatic N) is 2. The first kappa shape index (κ1) is 13.3. The quantitative estimate of drug-likeness (QED) is 0.888. The fourth-order valence-corrected chi connectivity index (χ4v) is 2.44. The van der Waals surface area contributed by atoms with Crippen LogP contribution >= 0.6 is 0 Å². The first-order valence-corrected chi connectivity index (χ1v) is 7.09. The number of anilines is 2. The van der Waals surface area contributed by atoms with Gasteiger partial charge in [-0.25, -0.2) is 18.4 Å². The molecule has 7 heteroatoms. The highest BCUT2D eigenvalue weighted by molar-refractivity contribution is 7.92. The summed E-state index contributed by atoms with van der Waals surface area (Å²) in [7, 11) is -2.00. The summed E-state index contributed by atoms with van der Waals surface area (Å²) in [5, 5.41) is 2.73. The van der Waals surface area contributed by atoms with E-state index in [0.29, 0.717) is 11.6 Å². The Bertz CT molecular complexity index is 668. The largest absolute Gasteiger partial charge is 0.357 e. The summed E-state index contributed by atoms with van der Waals surface area (Å²) >= 11 is 0. The molecule has 0 saturated heterocycles. The molecule has 2 aromatic rings. The fourth-order valence-electron chi connectivity index (χ4n) is 1.51. The lowest BCUT2D eigenvalue weighted by molar-refractivity contribution is 0.600. The first-order chi connectivity index (χ1) is 9.01. The van der Waals surface area contributed by atoms with Crippen molar-refractivity contribution in [3.63, 3.8) is 0 Å². The van der Waals surface area contributed by atoms with Gasteiger partial charge in [-0.15, -0.1) is 0 Å². The fraction of sp³-hybridized carbons (Fsp3) is 0.167. The minimum Gasteiger partial charge on any atom is -0.357 e. The molecule has 0 fully saturated rings. The number of nitrogens with one attached hydrogen (secondary N) is 2. The summed E-state index contributed by atoms with van der Waals surface area (Å²) < 4.78 is 26.7. The van der Waals surface area contributed by atoms with E-state index in [9.17, 15) is 8.42 Å². The van der Waals surface area contributed by atoms with Crippen LogP contribution in [0.3, 0.4) is 0 Å². The Morgan fingerprint density at radius 3 is 2.42 bits per heavy atom. The second kappa shape index (κ2) is 5.23. The first-order valence-electron chi connectivity index (χ1n) is 5.60. The van der Waals surface area contributed by atoms with Gasteiger partial charge in [0, 0.05) is 12.7 Å². The number of hydrogen-bond acceptors (Lipinski definition) is 5. The molecule has 100 valence electrons. The molecule has 0 radical (unpaired) electrons. The van der Waals surface area contributed by atoms with Crippen LogP contribution in [0.5, 0.6) is 0 Å². The molecule has 0 bridgehead atoms. The molecule has 1 heterocycles. The Kier molecular flexibility index (Phi) is 3.66. The van der Waals surface area contributed by atoms with E-state index in [1.165, 1.54) is 12.4 Å². The summed E-state index contributed by atoms with van der Waals surface area (Å²) in [6.07, 6.45) is 2.52. The van der Waals surface area contributed by atoms with Crippen molar-refractivity contribution in [2.45, 2.75) is 11.8 Å². The van der Waals surface area contributed by atoms with E-state index in [1.54, 1.807) is 25.2 Å². The third-order valence-corrected chi connectivity index (χ3v) is 3.77. The second-order valence-corrected chi connectivity index (χ2v) is 5.65. The molecule has 0 aliphatic heterocycles. The minimum absolute atomic E-state index is 0.0213. The van der Waals surface area contributed by atoms with E-state index in [2.05, 4.69) is 20.0 Å². The Morgan fingerprint density at radius 2 is 1.84 bits per heavy atom. The van der Waals surface area contributed by atoms with E-state index < -0.39 is 10.0 Å². The van der Waals surface area contributed by atoms with Gasteiger partial charge in [0.15, 0.2) is 0 Å². The van der Waals surface area contributed by atoms with Gasteiger partial charge in [0.05, 0.1) is 12.4 Å². The monoisotopic (exact) mass is 278 g/mol. The standard InChI is InChI=1S/C12H14N4O2S/c1-9-4-3-5-10(6-9)16-19(17,18)11-7-14-12(13-2)15-8-11/h3-8,16H,1-2H3,(H,13,14,15). The van der Waals surface area contributed by atoms with Gasteiger partial charge in [0.2, 0.25) is 5.95 Å². The maximum Gasteiger partial charge on any atom is 0.264 e. The summed E-state index contributed by atoms with van der Waals surface area (Å²) in [5.41, 5.74) is 1.49. The van der Waals surface area contributed by atoms with Crippen LogP contribution in [0.1, 0.15) is 5.56 Å². The Labute approximate surface area is 112 Å². The maximum absolute atomic E-state index is 12.1. The van der Waals surface area contributed by atoms with Gasteiger partial charge in [0.25, 0.3) is 10.0 Å². The van der Waals surface area contributed by atoms with Crippen molar-refractivity contribution in [2.24, 2.45) is 0 Å². The third-order valence-electron chi connectivity index (χ3n) is 2.43. The Hall–Kier alpha value is -2.15. The van der Waals surface area contributed by atoms with Crippen LogP contribution in [0.4, 0.5) is 11.6 Å². The van der Waals surface area contributed by atoms with Crippen molar-refractivity contribution in [3.8, 4) is 0 Å². The van der Waals surface area contributed by atoms with Gasteiger partial charge < -0.3 is 5.32 Å². The summed E-state index contributed by atoms with van der Waals surface area (Å²) in [6, 6.07) is 7.12. The maximum atomic E-state index is 12.1. The minimum atomic E-state index is -3.66. The normalized spacial score (nSPS) is 11.1. The van der Waals surface area contributed by atoms with Crippen molar-refractivity contribution in [1.82, 2.24) is 9.97 Å². The molecule has 0 aliphatic carbocycles. The molecule has 2 N–H and O–H groups in total. The molecular weight excluding hydrogens is 264 g/mol. The van der Waals surface area contributed by atoms with Gasteiger partial charge in [-0.2, -0.15) is 0 Å².